The normalized spacial score (nSPS) is 10.2. The van der Waals surface area contributed by atoms with Crippen molar-refractivity contribution in [3.8, 4) is 0 Å². The van der Waals surface area contributed by atoms with Gasteiger partial charge in [0.25, 0.3) is 0 Å². The van der Waals surface area contributed by atoms with E-state index in [2.05, 4.69) is 15.2 Å². The highest BCUT2D eigenvalue weighted by Crippen LogP contribution is 2.03. The lowest BCUT2D eigenvalue weighted by Crippen LogP contribution is -2.23. The lowest BCUT2D eigenvalue weighted by molar-refractivity contribution is 0.206. The third-order valence-electron chi connectivity index (χ3n) is 1.46. The van der Waals surface area contributed by atoms with E-state index in [4.69, 9.17) is 10.5 Å². The van der Waals surface area contributed by atoms with Crippen LogP contribution in [0.4, 0.5) is 11.9 Å². The van der Waals surface area contributed by atoms with E-state index >= 15 is 0 Å². The molecule has 0 bridgehead atoms. The van der Waals surface area contributed by atoms with Crippen LogP contribution in [0.3, 0.4) is 0 Å². The molecule has 0 aliphatic carbocycles. The number of nitrogens with two attached hydrogens (primary N) is 1. The van der Waals surface area contributed by atoms with Gasteiger partial charge >= 0.3 is 0 Å². The molecule has 0 fully saturated rings. The molecule has 0 spiro atoms. The number of aromatic nitrogens is 3. The molecule has 68 valence electrons. The number of anilines is 2. The summed E-state index contributed by atoms with van der Waals surface area (Å²) in [6.07, 6.45) is 0. The van der Waals surface area contributed by atoms with Gasteiger partial charge in [0.1, 0.15) is 0 Å². The summed E-state index contributed by atoms with van der Waals surface area (Å²) in [5.74, 6) is 0.916. The number of hydrogen-bond donors (Lipinski definition) is 2. The van der Waals surface area contributed by atoms with Crippen molar-refractivity contribution in [1.82, 2.24) is 15.2 Å². The van der Waals surface area contributed by atoms with Crippen LogP contribution < -0.4 is 10.6 Å². The first-order valence-corrected chi connectivity index (χ1v) is 3.62. The number of nitrogens with zero attached hydrogens (tertiary/aromatic N) is 3. The van der Waals surface area contributed by atoms with E-state index in [1.54, 1.807) is 7.11 Å². The second-order valence-corrected chi connectivity index (χ2v) is 2.44. The van der Waals surface area contributed by atoms with Crippen molar-refractivity contribution in [2.24, 2.45) is 0 Å². The summed E-state index contributed by atoms with van der Waals surface area (Å²) >= 11 is 0. The molecule has 12 heavy (non-hydrogen) atoms. The Morgan fingerprint density at radius 2 is 2.42 bits per heavy atom. The topological polar surface area (TPSA) is 80.1 Å². The number of nitrogens with one attached hydrogen (secondary N) is 1. The number of hydrogen-bond acceptors (Lipinski definition) is 5. The third-order valence-corrected chi connectivity index (χ3v) is 1.46. The number of aromatic amines is 1. The van der Waals surface area contributed by atoms with Crippen LogP contribution in [0.15, 0.2) is 0 Å². The molecule has 6 nitrogen and oxygen atoms in total. The van der Waals surface area contributed by atoms with E-state index in [0.717, 1.165) is 6.54 Å². The van der Waals surface area contributed by atoms with Crippen molar-refractivity contribution in [2.75, 3.05) is 37.9 Å². The Hall–Kier alpha value is -1.30. The minimum absolute atomic E-state index is 0.328. The Kier molecular flexibility index (Phi) is 2.87. The van der Waals surface area contributed by atoms with Gasteiger partial charge in [0.05, 0.1) is 6.61 Å². The van der Waals surface area contributed by atoms with E-state index in [-0.39, 0.29) is 0 Å². The first-order valence-electron chi connectivity index (χ1n) is 3.62. The van der Waals surface area contributed by atoms with Gasteiger partial charge in [-0.15, -0.1) is 5.10 Å². The van der Waals surface area contributed by atoms with Crippen LogP contribution in [0, 0.1) is 0 Å². The number of ether oxygens (including phenoxy) is 1. The molecule has 1 rings (SSSR count). The molecule has 1 aromatic rings. The molecule has 0 aromatic carbocycles. The monoisotopic (exact) mass is 171 g/mol. The van der Waals surface area contributed by atoms with Gasteiger partial charge < -0.3 is 15.4 Å². The number of likely N-dealkylation sites (N-methyl/N-ethyl adjacent to an activating group) is 1. The zero-order valence-corrected chi connectivity index (χ0v) is 7.24. The number of nitrogen functional groups attached to an aromatic ring is 1. The van der Waals surface area contributed by atoms with E-state index in [0.29, 0.717) is 18.5 Å². The van der Waals surface area contributed by atoms with Crippen LogP contribution in [0.25, 0.3) is 0 Å². The minimum Gasteiger partial charge on any atom is -0.383 e. The summed E-state index contributed by atoms with van der Waals surface area (Å²) in [6.45, 7) is 1.39. The highest BCUT2D eigenvalue weighted by molar-refractivity contribution is 5.32. The average Bonchev–Trinajstić information content (AvgIpc) is 2.47. The average molecular weight is 171 g/mol. The molecular weight excluding hydrogens is 158 g/mol. The van der Waals surface area contributed by atoms with Gasteiger partial charge in [-0.3, -0.25) is 0 Å². The van der Waals surface area contributed by atoms with Crippen molar-refractivity contribution in [1.29, 1.82) is 0 Å². The molecule has 0 aliphatic heterocycles. The second kappa shape index (κ2) is 3.91. The van der Waals surface area contributed by atoms with E-state index in [9.17, 15) is 0 Å². The van der Waals surface area contributed by atoms with E-state index in [1.807, 2.05) is 11.9 Å². The Balaban J connectivity index is 2.47. The molecule has 0 saturated carbocycles. The zero-order chi connectivity index (χ0) is 8.97. The van der Waals surface area contributed by atoms with Crippen LogP contribution in [-0.2, 0) is 4.74 Å². The Morgan fingerprint density at radius 1 is 1.67 bits per heavy atom. The first kappa shape index (κ1) is 8.79. The second-order valence-electron chi connectivity index (χ2n) is 2.44. The van der Waals surface area contributed by atoms with Crippen molar-refractivity contribution in [2.45, 2.75) is 0 Å². The van der Waals surface area contributed by atoms with Crippen LogP contribution in [0.5, 0.6) is 0 Å². The standard InChI is InChI=1S/C6H13N5O/c1-11(3-4-12-2)6-8-5(7)9-10-6/h3-4H2,1-2H3,(H3,7,8,9,10). The lowest BCUT2D eigenvalue weighted by atomic mass is 10.6. The zero-order valence-electron chi connectivity index (χ0n) is 7.24. The lowest BCUT2D eigenvalue weighted by Gasteiger charge is -2.12. The smallest absolute Gasteiger partial charge is 0.246 e. The molecule has 0 radical (unpaired) electrons. The molecule has 1 heterocycles. The molecule has 0 aliphatic rings. The summed E-state index contributed by atoms with van der Waals surface area (Å²) in [7, 11) is 3.53. The van der Waals surface area contributed by atoms with Crippen molar-refractivity contribution >= 4 is 11.9 Å². The summed E-state index contributed by atoms with van der Waals surface area (Å²) in [4.78, 5) is 5.80. The molecule has 3 N–H and O–H groups in total. The predicted molar refractivity (Wildman–Crippen MR) is 45.9 cm³/mol. The maximum absolute atomic E-state index is 5.36. The van der Waals surface area contributed by atoms with E-state index in [1.165, 1.54) is 0 Å². The molecular formula is C6H13N5O. The molecule has 6 heteroatoms. The van der Waals surface area contributed by atoms with Crippen LogP contribution in [0.1, 0.15) is 0 Å². The Bertz CT molecular complexity index is 236. The summed E-state index contributed by atoms with van der Waals surface area (Å²) in [5.41, 5.74) is 5.36. The quantitative estimate of drug-likeness (QED) is 0.636. The largest absolute Gasteiger partial charge is 0.383 e. The Morgan fingerprint density at radius 3 is 2.92 bits per heavy atom. The van der Waals surface area contributed by atoms with Gasteiger partial charge in [0.2, 0.25) is 11.9 Å². The fraction of sp³-hybridized carbons (Fsp3) is 0.667. The summed E-state index contributed by atoms with van der Waals surface area (Å²) < 4.78 is 4.90. The minimum atomic E-state index is 0.328. The number of H-pyrrole nitrogens is 1. The van der Waals surface area contributed by atoms with Gasteiger partial charge in [-0.25, -0.2) is 5.10 Å². The van der Waals surface area contributed by atoms with Crippen molar-refractivity contribution in [3.05, 3.63) is 0 Å². The van der Waals surface area contributed by atoms with Crippen molar-refractivity contribution < 1.29 is 4.74 Å². The Labute approximate surface area is 70.7 Å². The van der Waals surface area contributed by atoms with Gasteiger partial charge in [-0.2, -0.15) is 4.98 Å². The molecule has 1 aromatic heterocycles. The molecule has 0 unspecified atom stereocenters. The molecule has 0 saturated heterocycles. The van der Waals surface area contributed by atoms with Crippen LogP contribution in [-0.4, -0.2) is 42.5 Å². The fourth-order valence-electron chi connectivity index (χ4n) is 0.764. The van der Waals surface area contributed by atoms with Gasteiger partial charge in [0, 0.05) is 20.7 Å². The molecule has 0 amide bonds. The predicted octanol–water partition coefficient (Wildman–Crippen LogP) is -0.530. The van der Waals surface area contributed by atoms with Crippen LogP contribution >= 0.6 is 0 Å². The SMILES string of the molecule is COCCN(C)c1n[nH]c(N)n1. The third kappa shape index (κ3) is 2.09. The van der Waals surface area contributed by atoms with Gasteiger partial charge in [-0.05, 0) is 0 Å². The van der Waals surface area contributed by atoms with Crippen LogP contribution in [0.2, 0.25) is 0 Å². The maximum Gasteiger partial charge on any atom is 0.246 e. The van der Waals surface area contributed by atoms with Gasteiger partial charge in [-0.1, -0.05) is 0 Å². The number of methoxy groups -OCH3 is 1. The van der Waals surface area contributed by atoms with E-state index < -0.39 is 0 Å². The summed E-state index contributed by atoms with van der Waals surface area (Å²) in [5, 5.41) is 6.44. The highest BCUT2D eigenvalue weighted by atomic mass is 16.5. The van der Waals surface area contributed by atoms with Gasteiger partial charge in [0.15, 0.2) is 0 Å². The highest BCUT2D eigenvalue weighted by Gasteiger charge is 2.04. The summed E-state index contributed by atoms with van der Waals surface area (Å²) in [6, 6.07) is 0. The first-order chi connectivity index (χ1) is 5.74. The maximum atomic E-state index is 5.36. The molecule has 0 atom stereocenters. The number of rotatable bonds is 4. The van der Waals surface area contributed by atoms with Crippen molar-refractivity contribution in [3.63, 3.8) is 0 Å². The fourth-order valence-corrected chi connectivity index (χ4v) is 0.764.